The van der Waals surface area contributed by atoms with Crippen LogP contribution in [0, 0.1) is 6.92 Å². The number of nitrogens with zero attached hydrogens (tertiary/aromatic N) is 3. The first-order chi connectivity index (χ1) is 14.3. The zero-order valence-corrected chi connectivity index (χ0v) is 19.4. The van der Waals surface area contributed by atoms with Crippen LogP contribution in [0.2, 0.25) is 0 Å². The van der Waals surface area contributed by atoms with Crippen molar-refractivity contribution in [3.8, 4) is 5.88 Å². The van der Waals surface area contributed by atoms with E-state index in [2.05, 4.69) is 31.2 Å². The number of hydrogen-bond acceptors (Lipinski definition) is 7. The molecule has 1 aromatic carbocycles. The molecule has 3 aromatic rings. The van der Waals surface area contributed by atoms with Crippen LogP contribution in [0.15, 0.2) is 28.7 Å². The van der Waals surface area contributed by atoms with Gasteiger partial charge in [0, 0.05) is 18.6 Å². The number of hydrogen-bond donors (Lipinski definition) is 1. The zero-order valence-electron chi connectivity index (χ0n) is 17.0. The molecule has 3 rings (SSSR count). The number of rotatable bonds is 7. The highest BCUT2D eigenvalue weighted by Gasteiger charge is 2.24. The van der Waals surface area contributed by atoms with E-state index in [1.807, 2.05) is 25.1 Å². The summed E-state index contributed by atoms with van der Waals surface area (Å²) >= 11 is 4.64. The molecule has 0 saturated heterocycles. The number of aromatic nitrogens is 2. The molecule has 1 N–H and O–H groups in total. The number of halogens is 1. The molecule has 0 aliphatic heterocycles. The molecule has 158 valence electrons. The number of anilines is 1. The molecule has 0 spiro atoms. The van der Waals surface area contributed by atoms with Crippen LogP contribution in [0.25, 0.3) is 10.2 Å². The number of thiophene rings is 1. The average Bonchev–Trinajstić information content (AvgIpc) is 3.05. The van der Waals surface area contributed by atoms with Crippen LogP contribution in [0.4, 0.5) is 5.69 Å². The molecule has 0 fully saturated rings. The molecule has 8 nitrogen and oxygen atoms in total. The molecule has 0 saturated carbocycles. The number of methoxy groups -OCH3 is 2. The van der Waals surface area contributed by atoms with Crippen molar-refractivity contribution in [2.24, 2.45) is 0 Å². The molecule has 0 radical (unpaired) electrons. The largest absolute Gasteiger partial charge is 0.480 e. The summed E-state index contributed by atoms with van der Waals surface area (Å²) < 4.78 is 11.3. The fraction of sp³-hybridized carbons (Fsp3) is 0.300. The first-order valence-corrected chi connectivity index (χ1v) is 10.6. The van der Waals surface area contributed by atoms with Gasteiger partial charge in [-0.1, -0.05) is 12.1 Å². The standard InChI is InChI=1S/C20H21BrN4O4S/c1-11-16-18(29-4)23-14(10-28-3)24-19(16)30-17(11)20(27)25(2)9-15(26)22-13-8-6-5-7-12(13)21/h5-8H,9-10H2,1-4H3,(H,22,26). The molecular formula is C20H21BrN4O4S. The fourth-order valence-electron chi connectivity index (χ4n) is 2.90. The second kappa shape index (κ2) is 9.50. The van der Waals surface area contributed by atoms with Gasteiger partial charge in [-0.25, -0.2) is 4.98 Å². The highest BCUT2D eigenvalue weighted by molar-refractivity contribution is 9.10. The number of benzene rings is 1. The third-order valence-corrected chi connectivity index (χ3v) is 6.20. The van der Waals surface area contributed by atoms with Crippen molar-refractivity contribution < 1.29 is 19.1 Å². The zero-order chi connectivity index (χ0) is 21.8. The lowest BCUT2D eigenvalue weighted by Gasteiger charge is -2.17. The number of ether oxygens (including phenoxy) is 2. The normalized spacial score (nSPS) is 10.8. The maximum atomic E-state index is 13.0. The Balaban J connectivity index is 1.82. The van der Waals surface area contributed by atoms with Crippen LogP contribution in [0.3, 0.4) is 0 Å². The Morgan fingerprint density at radius 1 is 1.23 bits per heavy atom. The van der Waals surface area contributed by atoms with Crippen molar-refractivity contribution in [2.75, 3.05) is 33.1 Å². The van der Waals surface area contributed by atoms with Crippen molar-refractivity contribution in [1.82, 2.24) is 14.9 Å². The topological polar surface area (TPSA) is 93.7 Å². The fourth-order valence-corrected chi connectivity index (χ4v) is 4.47. The van der Waals surface area contributed by atoms with Crippen molar-refractivity contribution in [2.45, 2.75) is 13.5 Å². The van der Waals surface area contributed by atoms with Crippen LogP contribution in [0.1, 0.15) is 21.1 Å². The van der Waals surface area contributed by atoms with Gasteiger partial charge in [0.05, 0.1) is 29.6 Å². The molecule has 0 aliphatic rings. The summed E-state index contributed by atoms with van der Waals surface area (Å²) in [5, 5.41) is 3.49. The van der Waals surface area contributed by atoms with Crippen LogP contribution >= 0.6 is 27.3 Å². The van der Waals surface area contributed by atoms with E-state index in [4.69, 9.17) is 9.47 Å². The molecule has 2 amide bonds. The highest BCUT2D eigenvalue weighted by atomic mass is 79.9. The van der Waals surface area contributed by atoms with Gasteiger partial charge < -0.3 is 19.7 Å². The van der Waals surface area contributed by atoms with E-state index in [0.717, 1.165) is 10.0 Å². The molecular weight excluding hydrogens is 472 g/mol. The first kappa shape index (κ1) is 22.1. The van der Waals surface area contributed by atoms with Gasteiger partial charge in [-0.3, -0.25) is 9.59 Å². The van der Waals surface area contributed by atoms with Gasteiger partial charge in [0.25, 0.3) is 5.91 Å². The summed E-state index contributed by atoms with van der Waals surface area (Å²) in [4.78, 5) is 36.8. The molecule has 10 heteroatoms. The number of likely N-dealkylation sites (N-methyl/N-ethyl adjacent to an activating group) is 1. The SMILES string of the molecule is COCc1nc(OC)c2c(C)c(C(=O)N(C)CC(=O)Nc3ccccc3Br)sc2n1. The van der Waals surface area contributed by atoms with Crippen molar-refractivity contribution >= 4 is 55.0 Å². The van der Waals surface area contributed by atoms with Gasteiger partial charge in [-0.15, -0.1) is 11.3 Å². The Labute approximate surface area is 186 Å². The number of carbonyl (C=O) groups is 2. The minimum atomic E-state index is -0.295. The summed E-state index contributed by atoms with van der Waals surface area (Å²) in [6.07, 6.45) is 0. The Hall–Kier alpha value is -2.56. The average molecular weight is 493 g/mol. The number of amides is 2. The lowest BCUT2D eigenvalue weighted by molar-refractivity contribution is -0.116. The number of aryl methyl sites for hydroxylation is 1. The molecule has 2 aromatic heterocycles. The Kier molecular flexibility index (Phi) is 7.01. The summed E-state index contributed by atoms with van der Waals surface area (Å²) in [6, 6.07) is 7.29. The van der Waals surface area contributed by atoms with Crippen molar-refractivity contribution in [1.29, 1.82) is 0 Å². The summed E-state index contributed by atoms with van der Waals surface area (Å²) in [7, 11) is 4.67. The number of fused-ring (bicyclic) bond motifs is 1. The lowest BCUT2D eigenvalue weighted by Crippen LogP contribution is -2.34. The van der Waals surface area contributed by atoms with Crippen LogP contribution in [0.5, 0.6) is 5.88 Å². The summed E-state index contributed by atoms with van der Waals surface area (Å²) in [5.74, 6) is 0.307. The van der Waals surface area contributed by atoms with Gasteiger partial charge in [0.15, 0.2) is 5.82 Å². The molecule has 2 heterocycles. The summed E-state index contributed by atoms with van der Waals surface area (Å²) in [5.41, 5.74) is 1.37. The number of carbonyl (C=O) groups excluding carboxylic acids is 2. The highest BCUT2D eigenvalue weighted by Crippen LogP contribution is 2.35. The Morgan fingerprint density at radius 3 is 2.63 bits per heavy atom. The van der Waals surface area contributed by atoms with Crippen molar-refractivity contribution in [3.63, 3.8) is 0 Å². The monoisotopic (exact) mass is 492 g/mol. The third-order valence-electron chi connectivity index (χ3n) is 4.34. The second-order valence-electron chi connectivity index (χ2n) is 6.51. The lowest BCUT2D eigenvalue weighted by atomic mass is 10.2. The van der Waals surface area contributed by atoms with E-state index < -0.39 is 0 Å². The van der Waals surface area contributed by atoms with Gasteiger partial charge in [0.1, 0.15) is 11.4 Å². The maximum absolute atomic E-state index is 13.0. The second-order valence-corrected chi connectivity index (χ2v) is 8.36. The third kappa shape index (κ3) is 4.61. The number of nitrogens with one attached hydrogen (secondary N) is 1. The molecule has 0 atom stereocenters. The van der Waals surface area contributed by atoms with E-state index in [9.17, 15) is 9.59 Å². The van der Waals surface area contributed by atoms with Gasteiger partial charge >= 0.3 is 0 Å². The van der Waals surface area contributed by atoms with Crippen LogP contribution in [-0.2, 0) is 16.1 Å². The van der Waals surface area contributed by atoms with E-state index in [1.165, 1.54) is 23.3 Å². The summed E-state index contributed by atoms with van der Waals surface area (Å²) in [6.45, 7) is 1.97. The van der Waals surface area contributed by atoms with Gasteiger partial charge in [-0.05, 0) is 40.5 Å². The van der Waals surface area contributed by atoms with Crippen LogP contribution < -0.4 is 10.1 Å². The quantitative estimate of drug-likeness (QED) is 0.541. The predicted octanol–water partition coefficient (Wildman–Crippen LogP) is 3.63. The maximum Gasteiger partial charge on any atom is 0.264 e. The van der Waals surface area contributed by atoms with E-state index in [-0.39, 0.29) is 25.0 Å². The van der Waals surface area contributed by atoms with Crippen molar-refractivity contribution in [3.05, 3.63) is 45.0 Å². The molecule has 30 heavy (non-hydrogen) atoms. The minimum Gasteiger partial charge on any atom is -0.480 e. The van der Waals surface area contributed by atoms with Gasteiger partial charge in [-0.2, -0.15) is 4.98 Å². The van der Waals surface area contributed by atoms with E-state index >= 15 is 0 Å². The molecule has 0 unspecified atom stereocenters. The van der Waals surface area contributed by atoms with E-state index in [0.29, 0.717) is 32.5 Å². The Morgan fingerprint density at radius 2 is 1.97 bits per heavy atom. The molecule has 0 aliphatic carbocycles. The predicted molar refractivity (Wildman–Crippen MR) is 119 cm³/mol. The van der Waals surface area contributed by atoms with Gasteiger partial charge in [0.2, 0.25) is 11.8 Å². The minimum absolute atomic E-state index is 0.0917. The molecule has 0 bridgehead atoms. The Bertz CT molecular complexity index is 1100. The number of para-hydroxylation sites is 1. The van der Waals surface area contributed by atoms with E-state index in [1.54, 1.807) is 20.2 Å². The van der Waals surface area contributed by atoms with Crippen LogP contribution in [-0.4, -0.2) is 54.5 Å². The smallest absolute Gasteiger partial charge is 0.264 e. The first-order valence-electron chi connectivity index (χ1n) is 8.98.